The van der Waals surface area contributed by atoms with Gasteiger partial charge in [-0.3, -0.25) is 0 Å². The number of hydrogen-bond acceptors (Lipinski definition) is 2. The molecule has 2 aromatic carbocycles. The molecular weight excluding hydrogens is 354 g/mol. The Morgan fingerprint density at radius 3 is 1.86 bits per heavy atom. The van der Waals surface area contributed by atoms with Gasteiger partial charge in [0.25, 0.3) is 0 Å². The molecule has 0 atom stereocenters. The van der Waals surface area contributed by atoms with Crippen molar-refractivity contribution < 1.29 is 5.11 Å². The maximum Gasteiger partial charge on any atom is 0.121 e. The Balaban J connectivity index is 1.91. The van der Waals surface area contributed by atoms with Gasteiger partial charge in [-0.2, -0.15) is 0 Å². The molecule has 0 aliphatic rings. The summed E-state index contributed by atoms with van der Waals surface area (Å²) < 4.78 is 0. The zero-order chi connectivity index (χ0) is 21.4. The predicted molar refractivity (Wildman–Crippen MR) is 126 cm³/mol. The molecule has 2 rings (SSSR count). The van der Waals surface area contributed by atoms with Gasteiger partial charge in [0, 0.05) is 6.54 Å². The van der Waals surface area contributed by atoms with Crippen molar-refractivity contribution in [1.29, 1.82) is 0 Å². The zero-order valence-corrected chi connectivity index (χ0v) is 19.5. The van der Waals surface area contributed by atoms with Gasteiger partial charge in [0.05, 0.1) is 0 Å². The second-order valence-electron chi connectivity index (χ2n) is 9.55. The van der Waals surface area contributed by atoms with E-state index in [0.29, 0.717) is 5.75 Å². The Hall–Kier alpha value is -1.80. The summed E-state index contributed by atoms with van der Waals surface area (Å²) >= 11 is 0. The smallest absolute Gasteiger partial charge is 0.121 e. The van der Waals surface area contributed by atoms with Crippen LogP contribution in [0.4, 0.5) is 0 Å². The Morgan fingerprint density at radius 1 is 0.828 bits per heavy atom. The van der Waals surface area contributed by atoms with Crippen molar-refractivity contribution in [2.45, 2.75) is 85.1 Å². The van der Waals surface area contributed by atoms with E-state index >= 15 is 0 Å². The van der Waals surface area contributed by atoms with Crippen molar-refractivity contribution >= 4 is 0 Å². The third-order valence-electron chi connectivity index (χ3n) is 5.64. The van der Waals surface area contributed by atoms with Crippen LogP contribution in [0, 0.1) is 0 Å². The van der Waals surface area contributed by atoms with Gasteiger partial charge < -0.3 is 10.0 Å². The first-order chi connectivity index (χ1) is 13.7. The Bertz CT molecular complexity index is 728. The average Bonchev–Trinajstić information content (AvgIpc) is 2.65. The highest BCUT2D eigenvalue weighted by Gasteiger charge is 2.13. The first kappa shape index (κ1) is 23.5. The van der Waals surface area contributed by atoms with Crippen molar-refractivity contribution in [3.8, 4) is 5.75 Å². The summed E-state index contributed by atoms with van der Waals surface area (Å²) in [6.07, 6.45) is 6.26. The third kappa shape index (κ3) is 7.19. The zero-order valence-electron chi connectivity index (χ0n) is 19.5. The number of rotatable bonds is 10. The number of aryl methyl sites for hydroxylation is 3. The molecule has 0 spiro atoms. The van der Waals surface area contributed by atoms with Crippen molar-refractivity contribution in [3.63, 3.8) is 0 Å². The standard InChI is InChI=1S/C27H41NO/c1-7-10-23-18-22(19-24(11-8-2)26(23)29)12-9-17-28(6)20-21-13-15-25(16-14-21)27(3,4)5/h13-16,18-19,29H,7-12,17,20H2,1-6H3. The molecule has 0 aromatic heterocycles. The minimum atomic E-state index is 0.210. The lowest BCUT2D eigenvalue weighted by molar-refractivity contribution is 0.322. The lowest BCUT2D eigenvalue weighted by atomic mass is 9.87. The largest absolute Gasteiger partial charge is 0.507 e. The lowest BCUT2D eigenvalue weighted by Crippen LogP contribution is -2.20. The normalized spacial score (nSPS) is 12.0. The van der Waals surface area contributed by atoms with Crippen molar-refractivity contribution in [2.75, 3.05) is 13.6 Å². The number of hydrogen-bond donors (Lipinski definition) is 1. The van der Waals surface area contributed by atoms with Gasteiger partial charge in [-0.05, 0) is 72.5 Å². The van der Waals surface area contributed by atoms with Crippen molar-refractivity contribution in [2.24, 2.45) is 0 Å². The third-order valence-corrected chi connectivity index (χ3v) is 5.64. The number of nitrogens with zero attached hydrogens (tertiary/aromatic N) is 1. The molecule has 0 heterocycles. The fourth-order valence-corrected chi connectivity index (χ4v) is 3.95. The molecule has 2 heteroatoms. The van der Waals surface area contributed by atoms with Crippen molar-refractivity contribution in [1.82, 2.24) is 4.90 Å². The number of phenolic OH excluding ortho intramolecular Hbond substituents is 1. The van der Waals surface area contributed by atoms with Crippen LogP contribution >= 0.6 is 0 Å². The second kappa shape index (κ2) is 10.8. The van der Waals surface area contributed by atoms with Gasteiger partial charge in [0.1, 0.15) is 5.75 Å². The lowest BCUT2D eigenvalue weighted by Gasteiger charge is -2.21. The quantitative estimate of drug-likeness (QED) is 0.486. The van der Waals surface area contributed by atoms with Gasteiger partial charge in [0.15, 0.2) is 0 Å². The molecule has 0 unspecified atom stereocenters. The van der Waals surface area contributed by atoms with Crippen LogP contribution in [0.5, 0.6) is 5.75 Å². The Morgan fingerprint density at radius 2 is 1.38 bits per heavy atom. The van der Waals surface area contributed by atoms with E-state index in [2.05, 4.69) is 83.0 Å². The van der Waals surface area contributed by atoms with Crippen LogP contribution in [-0.2, 0) is 31.2 Å². The van der Waals surface area contributed by atoms with E-state index in [9.17, 15) is 5.11 Å². The molecule has 0 saturated heterocycles. The van der Waals surface area contributed by atoms with Gasteiger partial charge >= 0.3 is 0 Å². The highest BCUT2D eigenvalue weighted by atomic mass is 16.3. The van der Waals surface area contributed by atoms with E-state index in [4.69, 9.17) is 0 Å². The van der Waals surface area contributed by atoms with Crippen LogP contribution in [0.3, 0.4) is 0 Å². The fourth-order valence-electron chi connectivity index (χ4n) is 3.95. The summed E-state index contributed by atoms with van der Waals surface area (Å²) in [5.74, 6) is 0.535. The van der Waals surface area contributed by atoms with E-state index in [1.165, 1.54) is 16.7 Å². The van der Waals surface area contributed by atoms with Crippen LogP contribution in [0.15, 0.2) is 36.4 Å². The SMILES string of the molecule is CCCc1cc(CCCN(C)Cc2ccc(C(C)(C)C)cc2)cc(CCC)c1O. The minimum absolute atomic E-state index is 0.210. The van der Waals surface area contributed by atoms with Crippen LogP contribution in [0.2, 0.25) is 0 Å². The molecule has 0 bridgehead atoms. The molecule has 0 aliphatic heterocycles. The molecule has 1 N–H and O–H groups in total. The van der Waals surface area contributed by atoms with Gasteiger partial charge in [0.2, 0.25) is 0 Å². The van der Waals surface area contributed by atoms with Crippen molar-refractivity contribution in [3.05, 3.63) is 64.2 Å². The topological polar surface area (TPSA) is 23.5 Å². The molecule has 0 saturated carbocycles. The van der Waals surface area contributed by atoms with E-state index in [-0.39, 0.29) is 5.41 Å². The summed E-state index contributed by atoms with van der Waals surface area (Å²) in [5, 5.41) is 10.5. The molecule has 0 aliphatic carbocycles. The summed E-state index contributed by atoms with van der Waals surface area (Å²) in [6, 6.07) is 13.5. The molecule has 29 heavy (non-hydrogen) atoms. The van der Waals surface area contributed by atoms with Gasteiger partial charge in [-0.15, -0.1) is 0 Å². The Labute approximate surface area is 179 Å². The summed E-state index contributed by atoms with van der Waals surface area (Å²) in [4.78, 5) is 2.41. The molecule has 0 fully saturated rings. The van der Waals surface area contributed by atoms with E-state index in [1.807, 2.05) is 0 Å². The maximum atomic E-state index is 10.5. The van der Waals surface area contributed by atoms with E-state index in [0.717, 1.165) is 62.7 Å². The van der Waals surface area contributed by atoms with Crippen LogP contribution < -0.4 is 0 Å². The molecular formula is C27H41NO. The highest BCUT2D eigenvalue weighted by molar-refractivity contribution is 5.44. The van der Waals surface area contributed by atoms with Crippen LogP contribution in [0.1, 0.15) is 81.7 Å². The monoisotopic (exact) mass is 395 g/mol. The van der Waals surface area contributed by atoms with E-state index < -0.39 is 0 Å². The fraction of sp³-hybridized carbons (Fsp3) is 0.556. The van der Waals surface area contributed by atoms with Crippen LogP contribution in [0.25, 0.3) is 0 Å². The second-order valence-corrected chi connectivity index (χ2v) is 9.55. The first-order valence-electron chi connectivity index (χ1n) is 11.4. The molecule has 2 nitrogen and oxygen atoms in total. The van der Waals surface area contributed by atoms with Crippen LogP contribution in [-0.4, -0.2) is 23.6 Å². The molecule has 2 aromatic rings. The van der Waals surface area contributed by atoms with Gasteiger partial charge in [-0.1, -0.05) is 83.9 Å². The number of phenols is 1. The summed E-state index contributed by atoms with van der Waals surface area (Å²) in [5.41, 5.74) is 6.60. The molecule has 0 radical (unpaired) electrons. The van der Waals surface area contributed by atoms with Gasteiger partial charge in [-0.25, -0.2) is 0 Å². The molecule has 160 valence electrons. The highest BCUT2D eigenvalue weighted by Crippen LogP contribution is 2.28. The van der Waals surface area contributed by atoms with E-state index in [1.54, 1.807) is 0 Å². The number of aromatic hydroxyl groups is 1. The Kier molecular flexibility index (Phi) is 8.77. The number of benzene rings is 2. The summed E-state index contributed by atoms with van der Waals surface area (Å²) in [6.45, 7) is 13.2. The first-order valence-corrected chi connectivity index (χ1v) is 11.4. The predicted octanol–water partition coefficient (Wildman–Crippen LogP) is 6.66. The summed E-state index contributed by atoms with van der Waals surface area (Å²) in [7, 11) is 2.21. The maximum absolute atomic E-state index is 10.5. The average molecular weight is 396 g/mol. The minimum Gasteiger partial charge on any atom is -0.507 e. The molecule has 0 amide bonds.